The number of hydrogen-bond donors (Lipinski definition) is 0. The molecular weight excluding hydrogens is 436 g/mol. The first-order valence-electron chi connectivity index (χ1n) is 10.2. The zero-order valence-corrected chi connectivity index (χ0v) is 18.4. The normalized spacial score (nSPS) is 15.1. The lowest BCUT2D eigenvalue weighted by Gasteiger charge is -2.33. The molecule has 2 aromatic carbocycles. The lowest BCUT2D eigenvalue weighted by Crippen LogP contribution is -2.47. The monoisotopic (exact) mass is 459 g/mol. The number of alkyl halides is 2. The van der Waals surface area contributed by atoms with Crippen molar-refractivity contribution in [3.8, 4) is 11.5 Å². The minimum absolute atomic E-state index is 0.0461. The third-order valence-electron chi connectivity index (χ3n) is 5.20. The lowest BCUT2D eigenvalue weighted by molar-refractivity contribution is -0.127. The number of carbonyl (C=O) groups is 1. The molecule has 3 aromatic rings. The van der Waals surface area contributed by atoms with Crippen molar-refractivity contribution in [2.75, 3.05) is 33.3 Å². The zero-order chi connectivity index (χ0) is 22.5. The zero-order valence-electron chi connectivity index (χ0n) is 17.5. The molecule has 1 amide bonds. The predicted molar refractivity (Wildman–Crippen MR) is 120 cm³/mol. The smallest absolute Gasteiger partial charge is 0.387 e. The fourth-order valence-corrected chi connectivity index (χ4v) is 4.57. The third-order valence-corrected chi connectivity index (χ3v) is 6.22. The molecule has 1 aromatic heterocycles. The highest BCUT2D eigenvalue weighted by Crippen LogP contribution is 2.30. The van der Waals surface area contributed by atoms with Crippen molar-refractivity contribution in [3.63, 3.8) is 0 Å². The number of hydrogen-bond acceptors (Lipinski definition) is 6. The van der Waals surface area contributed by atoms with E-state index < -0.39 is 6.61 Å². The Labute approximate surface area is 188 Å². The first-order valence-corrected chi connectivity index (χ1v) is 11.0. The molecule has 4 rings (SSSR count). The van der Waals surface area contributed by atoms with Crippen LogP contribution in [-0.2, 0) is 11.3 Å². The van der Waals surface area contributed by atoms with E-state index in [9.17, 15) is 13.6 Å². The predicted octanol–water partition coefficient (Wildman–Crippen LogP) is 4.26. The van der Waals surface area contributed by atoms with E-state index in [-0.39, 0.29) is 17.4 Å². The van der Waals surface area contributed by atoms with E-state index in [1.165, 1.54) is 24.0 Å². The standard InChI is InChI=1S/C23H23F2N3O3S/c1-30-19-14-16(6-8-18(19)31-23(24)25)7-9-22(29)28-12-10-27(11-13-28)15-21-26-17-4-2-3-5-20(17)32-21/h2-9,14,23H,10-13,15H2,1H3. The number of benzene rings is 2. The minimum Gasteiger partial charge on any atom is -0.493 e. The van der Waals surface area contributed by atoms with Gasteiger partial charge in [-0.05, 0) is 35.9 Å². The van der Waals surface area contributed by atoms with E-state index in [4.69, 9.17) is 4.74 Å². The van der Waals surface area contributed by atoms with Gasteiger partial charge in [-0.3, -0.25) is 9.69 Å². The summed E-state index contributed by atoms with van der Waals surface area (Å²) in [5.41, 5.74) is 1.68. The number of methoxy groups -OCH3 is 1. The summed E-state index contributed by atoms with van der Waals surface area (Å²) in [5.74, 6) is 0.0510. The number of fused-ring (bicyclic) bond motifs is 1. The van der Waals surface area contributed by atoms with Crippen LogP contribution < -0.4 is 9.47 Å². The Morgan fingerprint density at radius 2 is 1.94 bits per heavy atom. The van der Waals surface area contributed by atoms with Crippen LogP contribution in [0.15, 0.2) is 48.5 Å². The van der Waals surface area contributed by atoms with Crippen molar-refractivity contribution in [2.45, 2.75) is 13.2 Å². The summed E-state index contributed by atoms with van der Waals surface area (Å²) >= 11 is 1.71. The Bertz CT molecular complexity index is 1080. The van der Waals surface area contributed by atoms with Crippen molar-refractivity contribution in [1.29, 1.82) is 0 Å². The molecular formula is C23H23F2N3O3S. The molecule has 1 saturated heterocycles. The summed E-state index contributed by atoms with van der Waals surface area (Å²) in [6, 6.07) is 12.7. The Kier molecular flexibility index (Phi) is 6.96. The van der Waals surface area contributed by atoms with Gasteiger partial charge in [-0.2, -0.15) is 8.78 Å². The summed E-state index contributed by atoms with van der Waals surface area (Å²) in [5, 5.41) is 1.08. The van der Waals surface area contributed by atoms with Crippen LogP contribution in [0.2, 0.25) is 0 Å². The molecule has 0 unspecified atom stereocenters. The van der Waals surface area contributed by atoms with E-state index in [0.29, 0.717) is 18.7 Å². The van der Waals surface area contributed by atoms with Gasteiger partial charge < -0.3 is 14.4 Å². The topological polar surface area (TPSA) is 54.9 Å². The first-order chi connectivity index (χ1) is 15.5. The molecule has 1 aliphatic rings. The van der Waals surface area contributed by atoms with Crippen LogP contribution in [0.5, 0.6) is 11.5 Å². The Morgan fingerprint density at radius 3 is 2.66 bits per heavy atom. The van der Waals surface area contributed by atoms with Crippen LogP contribution in [0, 0.1) is 0 Å². The summed E-state index contributed by atoms with van der Waals surface area (Å²) in [6.45, 7) is 0.688. The minimum atomic E-state index is -2.93. The largest absolute Gasteiger partial charge is 0.493 e. The maximum atomic E-state index is 12.6. The number of amides is 1. The molecule has 32 heavy (non-hydrogen) atoms. The van der Waals surface area contributed by atoms with Crippen molar-refractivity contribution < 1.29 is 23.0 Å². The number of nitrogens with zero attached hydrogens (tertiary/aromatic N) is 3. The van der Waals surface area contributed by atoms with Gasteiger partial charge in [0.05, 0.1) is 23.9 Å². The van der Waals surface area contributed by atoms with Crippen molar-refractivity contribution >= 4 is 33.5 Å². The first kappa shape index (κ1) is 22.2. The number of rotatable bonds is 7. The summed E-state index contributed by atoms with van der Waals surface area (Å²) < 4.78 is 35.6. The van der Waals surface area contributed by atoms with Crippen molar-refractivity contribution in [3.05, 3.63) is 59.1 Å². The second-order valence-electron chi connectivity index (χ2n) is 7.30. The summed E-state index contributed by atoms with van der Waals surface area (Å²) in [7, 11) is 1.38. The lowest BCUT2D eigenvalue weighted by atomic mass is 10.2. The highest BCUT2D eigenvalue weighted by atomic mass is 32.1. The number of ether oxygens (including phenoxy) is 2. The maximum Gasteiger partial charge on any atom is 0.387 e. The van der Waals surface area contributed by atoms with E-state index in [1.807, 2.05) is 18.2 Å². The summed E-state index contributed by atoms with van der Waals surface area (Å²) in [4.78, 5) is 21.4. The highest BCUT2D eigenvalue weighted by Gasteiger charge is 2.20. The molecule has 6 nitrogen and oxygen atoms in total. The number of carbonyl (C=O) groups excluding carboxylic acids is 1. The van der Waals surface area contributed by atoms with Gasteiger partial charge in [0.15, 0.2) is 11.5 Å². The average Bonchev–Trinajstić information content (AvgIpc) is 3.20. The molecule has 0 saturated carbocycles. The van der Waals surface area contributed by atoms with Crippen LogP contribution in [0.25, 0.3) is 16.3 Å². The fraction of sp³-hybridized carbons (Fsp3) is 0.304. The molecule has 0 aliphatic carbocycles. The van der Waals surface area contributed by atoms with Gasteiger partial charge in [0, 0.05) is 32.3 Å². The molecule has 1 fully saturated rings. The Hall–Kier alpha value is -3.04. The Morgan fingerprint density at radius 1 is 1.16 bits per heavy atom. The van der Waals surface area contributed by atoms with E-state index in [2.05, 4.69) is 20.7 Å². The molecule has 0 bridgehead atoms. The van der Waals surface area contributed by atoms with Gasteiger partial charge in [0.1, 0.15) is 5.01 Å². The molecule has 1 aliphatic heterocycles. The number of aromatic nitrogens is 1. The van der Waals surface area contributed by atoms with Gasteiger partial charge in [-0.25, -0.2) is 4.98 Å². The second-order valence-corrected chi connectivity index (χ2v) is 8.41. The van der Waals surface area contributed by atoms with Gasteiger partial charge in [-0.1, -0.05) is 18.2 Å². The second kappa shape index (κ2) is 10.1. The van der Waals surface area contributed by atoms with Gasteiger partial charge in [0.2, 0.25) is 5.91 Å². The molecule has 9 heteroatoms. The van der Waals surface area contributed by atoms with Gasteiger partial charge in [-0.15, -0.1) is 11.3 Å². The molecule has 0 radical (unpaired) electrons. The maximum absolute atomic E-state index is 12.6. The third kappa shape index (κ3) is 5.41. The van der Waals surface area contributed by atoms with Crippen LogP contribution in [0.3, 0.4) is 0 Å². The Balaban J connectivity index is 1.30. The quantitative estimate of drug-likeness (QED) is 0.494. The SMILES string of the molecule is COc1cc(C=CC(=O)N2CCN(Cc3nc4ccccc4s3)CC2)ccc1OC(F)F. The highest BCUT2D eigenvalue weighted by molar-refractivity contribution is 7.18. The molecule has 168 valence electrons. The van der Waals surface area contributed by atoms with Crippen LogP contribution in [0.1, 0.15) is 10.6 Å². The molecule has 0 atom stereocenters. The van der Waals surface area contributed by atoms with E-state index in [0.717, 1.165) is 30.2 Å². The van der Waals surface area contributed by atoms with Crippen LogP contribution >= 0.6 is 11.3 Å². The fourth-order valence-electron chi connectivity index (χ4n) is 3.56. The average molecular weight is 460 g/mol. The number of para-hydroxylation sites is 1. The molecule has 0 spiro atoms. The van der Waals surface area contributed by atoms with Crippen molar-refractivity contribution in [1.82, 2.24) is 14.8 Å². The molecule has 2 heterocycles. The van der Waals surface area contributed by atoms with Crippen molar-refractivity contribution in [2.24, 2.45) is 0 Å². The molecule has 0 N–H and O–H groups in total. The van der Waals surface area contributed by atoms with Gasteiger partial charge >= 0.3 is 6.61 Å². The van der Waals surface area contributed by atoms with Gasteiger partial charge in [0.25, 0.3) is 0 Å². The number of piperazine rings is 1. The summed E-state index contributed by atoms with van der Waals surface area (Å²) in [6.07, 6.45) is 3.14. The van der Waals surface area contributed by atoms with Crippen LogP contribution in [-0.4, -0.2) is 60.6 Å². The number of thiazole rings is 1. The number of halogens is 2. The van der Waals surface area contributed by atoms with Crippen LogP contribution in [0.4, 0.5) is 8.78 Å². The van der Waals surface area contributed by atoms with E-state index >= 15 is 0 Å². The van der Waals surface area contributed by atoms with E-state index in [1.54, 1.807) is 34.4 Å².